The van der Waals surface area contributed by atoms with Gasteiger partial charge in [0.25, 0.3) is 0 Å². The molecule has 0 spiro atoms. The van der Waals surface area contributed by atoms with Crippen molar-refractivity contribution in [1.29, 1.82) is 0 Å². The number of likely N-dealkylation sites (tertiary alicyclic amines) is 1. The fourth-order valence-corrected chi connectivity index (χ4v) is 3.70. The van der Waals surface area contributed by atoms with Crippen LogP contribution in [0.1, 0.15) is 12.0 Å². The van der Waals surface area contributed by atoms with Crippen molar-refractivity contribution in [3.63, 3.8) is 0 Å². The third kappa shape index (κ3) is 5.76. The minimum absolute atomic E-state index is 0.00374. The van der Waals surface area contributed by atoms with Crippen LogP contribution in [0, 0.1) is 5.82 Å². The summed E-state index contributed by atoms with van der Waals surface area (Å²) < 4.78 is 29.5. The van der Waals surface area contributed by atoms with Crippen LogP contribution in [0.25, 0.3) is 0 Å². The molecule has 3 aromatic rings. The Balaban J connectivity index is 1.29. The summed E-state index contributed by atoms with van der Waals surface area (Å²) in [6.45, 7) is 2.32. The summed E-state index contributed by atoms with van der Waals surface area (Å²) >= 11 is 0. The average Bonchev–Trinajstić information content (AvgIpc) is 3.22. The molecule has 1 aliphatic heterocycles. The van der Waals surface area contributed by atoms with Gasteiger partial charge in [0.15, 0.2) is 11.5 Å². The highest BCUT2D eigenvalue weighted by Crippen LogP contribution is 2.31. The van der Waals surface area contributed by atoms with E-state index in [1.807, 2.05) is 42.5 Å². The van der Waals surface area contributed by atoms with Gasteiger partial charge in [0.05, 0.1) is 7.11 Å². The van der Waals surface area contributed by atoms with E-state index in [1.54, 1.807) is 7.11 Å². The van der Waals surface area contributed by atoms with Crippen molar-refractivity contribution in [3.05, 3.63) is 84.2 Å². The van der Waals surface area contributed by atoms with E-state index in [2.05, 4.69) is 16.3 Å². The Morgan fingerprint density at radius 3 is 2.59 bits per heavy atom. The molecule has 6 nitrogen and oxygen atoms in total. The summed E-state index contributed by atoms with van der Waals surface area (Å²) in [5, 5.41) is 2.88. The number of nitrogens with zero attached hydrogens (tertiary/aromatic N) is 1. The monoisotopic (exact) mass is 436 g/mol. The van der Waals surface area contributed by atoms with Crippen LogP contribution in [0.3, 0.4) is 0 Å². The van der Waals surface area contributed by atoms with E-state index in [4.69, 9.17) is 14.2 Å². The van der Waals surface area contributed by atoms with Crippen molar-refractivity contribution in [2.24, 2.45) is 0 Å². The SMILES string of the molecule is COc1ccccc1Oc1cccc(CN2CCC(NC(=O)Oc3ccc(F)cc3)C2)c1. The van der Waals surface area contributed by atoms with E-state index in [0.29, 0.717) is 17.2 Å². The van der Waals surface area contributed by atoms with Crippen molar-refractivity contribution >= 4 is 6.09 Å². The van der Waals surface area contributed by atoms with Gasteiger partial charge in [-0.3, -0.25) is 4.90 Å². The first-order valence-electron chi connectivity index (χ1n) is 10.4. The van der Waals surface area contributed by atoms with Gasteiger partial charge in [-0.2, -0.15) is 0 Å². The number of benzene rings is 3. The lowest BCUT2D eigenvalue weighted by molar-refractivity contribution is 0.195. The van der Waals surface area contributed by atoms with E-state index in [0.717, 1.165) is 37.4 Å². The third-order valence-corrected chi connectivity index (χ3v) is 5.22. The quantitative estimate of drug-likeness (QED) is 0.566. The molecule has 0 aliphatic carbocycles. The minimum Gasteiger partial charge on any atom is -0.493 e. The van der Waals surface area contributed by atoms with E-state index in [1.165, 1.54) is 24.3 Å². The number of para-hydroxylation sites is 2. The van der Waals surface area contributed by atoms with Gasteiger partial charge in [-0.1, -0.05) is 24.3 Å². The molecule has 1 N–H and O–H groups in total. The maximum atomic E-state index is 13.0. The lowest BCUT2D eigenvalue weighted by Crippen LogP contribution is -2.38. The Morgan fingerprint density at radius 2 is 1.81 bits per heavy atom. The van der Waals surface area contributed by atoms with Crippen LogP contribution in [0.15, 0.2) is 72.8 Å². The van der Waals surface area contributed by atoms with Gasteiger partial charge in [0, 0.05) is 25.7 Å². The first kappa shape index (κ1) is 21.6. The number of carbonyl (C=O) groups is 1. The predicted octanol–water partition coefficient (Wildman–Crippen LogP) is 4.99. The Morgan fingerprint density at radius 1 is 1.03 bits per heavy atom. The van der Waals surface area contributed by atoms with Gasteiger partial charge in [-0.25, -0.2) is 9.18 Å². The first-order valence-corrected chi connectivity index (χ1v) is 10.4. The zero-order valence-electron chi connectivity index (χ0n) is 17.8. The minimum atomic E-state index is -0.532. The molecule has 0 radical (unpaired) electrons. The van der Waals surface area contributed by atoms with E-state index in [-0.39, 0.29) is 11.9 Å². The van der Waals surface area contributed by atoms with Gasteiger partial charge < -0.3 is 19.5 Å². The molecule has 1 aliphatic rings. The van der Waals surface area contributed by atoms with E-state index in [9.17, 15) is 9.18 Å². The summed E-state index contributed by atoms with van der Waals surface area (Å²) in [7, 11) is 1.62. The summed E-state index contributed by atoms with van der Waals surface area (Å²) in [6, 6.07) is 20.8. The Bertz CT molecular complexity index is 1060. The van der Waals surface area contributed by atoms with Crippen LogP contribution in [0.2, 0.25) is 0 Å². The molecule has 1 atom stereocenters. The topological polar surface area (TPSA) is 60.0 Å². The number of amides is 1. The Labute approximate surface area is 186 Å². The normalized spacial score (nSPS) is 15.9. The zero-order chi connectivity index (χ0) is 22.3. The fraction of sp³-hybridized carbons (Fsp3) is 0.240. The van der Waals surface area contributed by atoms with Crippen molar-refractivity contribution in [3.8, 4) is 23.0 Å². The molecule has 166 valence electrons. The number of ether oxygens (including phenoxy) is 3. The molecular formula is C25H25FN2O4. The summed E-state index contributed by atoms with van der Waals surface area (Å²) in [6.07, 6.45) is 0.297. The number of methoxy groups -OCH3 is 1. The molecule has 1 unspecified atom stereocenters. The van der Waals surface area contributed by atoms with Gasteiger partial charge in [-0.15, -0.1) is 0 Å². The van der Waals surface area contributed by atoms with Gasteiger partial charge in [0.2, 0.25) is 0 Å². The largest absolute Gasteiger partial charge is 0.493 e. The van der Waals surface area contributed by atoms with Gasteiger partial charge in [0.1, 0.15) is 17.3 Å². The predicted molar refractivity (Wildman–Crippen MR) is 119 cm³/mol. The van der Waals surface area contributed by atoms with Crippen molar-refractivity contribution in [2.75, 3.05) is 20.2 Å². The molecule has 1 saturated heterocycles. The first-order chi connectivity index (χ1) is 15.6. The smallest absolute Gasteiger partial charge is 0.412 e. The number of carbonyl (C=O) groups excluding carboxylic acids is 1. The van der Waals surface area contributed by atoms with Crippen LogP contribution >= 0.6 is 0 Å². The standard InChI is InChI=1S/C25H25FN2O4/c1-30-23-7-2-3-8-24(23)31-22-6-4-5-18(15-22)16-28-14-13-20(17-28)27-25(29)32-21-11-9-19(26)10-12-21/h2-12,15,20H,13-14,16-17H2,1H3,(H,27,29). The van der Waals surface area contributed by atoms with Gasteiger partial charge >= 0.3 is 6.09 Å². The second-order valence-electron chi connectivity index (χ2n) is 7.61. The van der Waals surface area contributed by atoms with Crippen molar-refractivity contribution in [2.45, 2.75) is 19.0 Å². The second kappa shape index (κ2) is 10.2. The molecule has 1 amide bonds. The van der Waals surface area contributed by atoms with E-state index < -0.39 is 6.09 Å². The summed E-state index contributed by atoms with van der Waals surface area (Å²) in [5.41, 5.74) is 1.12. The Hall–Kier alpha value is -3.58. The number of halogens is 1. The molecule has 0 aromatic heterocycles. The van der Waals surface area contributed by atoms with Crippen LogP contribution in [-0.4, -0.2) is 37.2 Å². The second-order valence-corrected chi connectivity index (χ2v) is 7.61. The fourth-order valence-electron chi connectivity index (χ4n) is 3.70. The lowest BCUT2D eigenvalue weighted by atomic mass is 10.2. The number of nitrogens with one attached hydrogen (secondary N) is 1. The molecule has 0 bridgehead atoms. The highest BCUT2D eigenvalue weighted by molar-refractivity contribution is 5.70. The maximum absolute atomic E-state index is 13.0. The van der Waals surface area contributed by atoms with Gasteiger partial charge in [-0.05, 0) is 60.5 Å². The molecule has 1 heterocycles. The molecule has 0 saturated carbocycles. The Kier molecular flexibility index (Phi) is 6.87. The van der Waals surface area contributed by atoms with Crippen molar-refractivity contribution in [1.82, 2.24) is 10.2 Å². The molecule has 1 fully saturated rings. The molecule has 3 aromatic carbocycles. The maximum Gasteiger partial charge on any atom is 0.412 e. The van der Waals surface area contributed by atoms with Crippen molar-refractivity contribution < 1.29 is 23.4 Å². The number of hydrogen-bond acceptors (Lipinski definition) is 5. The lowest BCUT2D eigenvalue weighted by Gasteiger charge is -2.17. The zero-order valence-corrected chi connectivity index (χ0v) is 17.8. The highest BCUT2D eigenvalue weighted by Gasteiger charge is 2.24. The molecular weight excluding hydrogens is 411 g/mol. The van der Waals surface area contributed by atoms with E-state index >= 15 is 0 Å². The summed E-state index contributed by atoms with van der Waals surface area (Å²) in [5.74, 6) is 2.02. The van der Waals surface area contributed by atoms with Crippen LogP contribution in [-0.2, 0) is 6.54 Å². The highest BCUT2D eigenvalue weighted by atomic mass is 19.1. The average molecular weight is 436 g/mol. The molecule has 4 rings (SSSR count). The third-order valence-electron chi connectivity index (χ3n) is 5.22. The number of rotatable bonds is 7. The summed E-state index contributed by atoms with van der Waals surface area (Å²) in [4.78, 5) is 14.4. The number of hydrogen-bond donors (Lipinski definition) is 1. The molecule has 32 heavy (non-hydrogen) atoms. The van der Waals surface area contributed by atoms with Crippen LogP contribution < -0.4 is 19.5 Å². The van der Waals surface area contributed by atoms with Crippen LogP contribution in [0.4, 0.5) is 9.18 Å². The molecule has 7 heteroatoms. The van der Waals surface area contributed by atoms with Crippen LogP contribution in [0.5, 0.6) is 23.0 Å².